The molecule has 4 heteroatoms. The van der Waals surface area contributed by atoms with E-state index >= 15 is 0 Å². The van der Waals surface area contributed by atoms with Crippen LogP contribution in [0.4, 0.5) is 5.69 Å². The lowest BCUT2D eigenvalue weighted by molar-refractivity contribution is -0.114. The number of allylic oxidation sites excluding steroid dienone is 1. The Morgan fingerprint density at radius 3 is 2.40 bits per heavy atom. The highest BCUT2D eigenvalue weighted by Crippen LogP contribution is 2.19. The second-order valence-corrected chi connectivity index (χ2v) is 3.83. The second-order valence-electron chi connectivity index (χ2n) is 2.98. The highest BCUT2D eigenvalue weighted by molar-refractivity contribution is 6.49. The minimum atomic E-state index is 0.107. The van der Waals surface area contributed by atoms with Crippen LogP contribution >= 0.6 is 23.6 Å². The molecule has 0 aliphatic carbocycles. The van der Waals surface area contributed by atoms with Gasteiger partial charge in [-0.1, -0.05) is 25.1 Å². The molecule has 1 aromatic carbocycles. The zero-order valence-corrected chi connectivity index (χ0v) is 9.79. The van der Waals surface area contributed by atoms with Gasteiger partial charge in [0, 0.05) is 30.0 Å². The first-order valence-electron chi connectivity index (χ1n) is 4.56. The normalized spacial score (nSPS) is 10.6. The molecule has 0 atom stereocenters. The van der Waals surface area contributed by atoms with E-state index in [2.05, 4.69) is 0 Å². The Balaban J connectivity index is 2.72. The summed E-state index contributed by atoms with van der Waals surface area (Å²) in [7, 11) is 0. The number of anilines is 1. The minimum absolute atomic E-state index is 0.107. The van der Waals surface area contributed by atoms with Gasteiger partial charge in [-0.2, -0.15) is 3.94 Å². The zero-order chi connectivity index (χ0) is 11.3. The molecule has 0 unspecified atom stereocenters. The van der Waals surface area contributed by atoms with Gasteiger partial charge in [-0.15, -0.1) is 0 Å². The van der Waals surface area contributed by atoms with E-state index in [1.807, 2.05) is 19.1 Å². The molecule has 80 valence electrons. The first-order valence-corrected chi connectivity index (χ1v) is 5.23. The van der Waals surface area contributed by atoms with Gasteiger partial charge >= 0.3 is 0 Å². The van der Waals surface area contributed by atoms with Crippen LogP contribution in [0, 0.1) is 0 Å². The molecule has 0 aliphatic heterocycles. The lowest BCUT2D eigenvalue weighted by Crippen LogP contribution is -1.91. The maximum absolute atomic E-state index is 11.0. The number of nitrogens with zero attached hydrogens (tertiary/aromatic N) is 1. The highest BCUT2D eigenvalue weighted by atomic mass is 35.5. The Labute approximate surface area is 99.3 Å². The predicted octanol–water partition coefficient (Wildman–Crippen LogP) is 3.79. The van der Waals surface area contributed by atoms with Gasteiger partial charge in [0.05, 0.1) is 5.69 Å². The summed E-state index contributed by atoms with van der Waals surface area (Å²) in [4.78, 5) is 11.0. The summed E-state index contributed by atoms with van der Waals surface area (Å²) in [6.07, 6.45) is 3.85. The number of ketones is 1. The fourth-order valence-electron chi connectivity index (χ4n) is 1.01. The van der Waals surface area contributed by atoms with Crippen molar-refractivity contribution < 1.29 is 4.79 Å². The lowest BCUT2D eigenvalue weighted by atomic mass is 10.1. The van der Waals surface area contributed by atoms with Crippen LogP contribution in [-0.4, -0.2) is 5.78 Å². The highest BCUT2D eigenvalue weighted by Gasteiger charge is 1.97. The van der Waals surface area contributed by atoms with Gasteiger partial charge in [0.15, 0.2) is 5.78 Å². The molecule has 15 heavy (non-hydrogen) atoms. The zero-order valence-electron chi connectivity index (χ0n) is 8.28. The summed E-state index contributed by atoms with van der Waals surface area (Å²) in [5.41, 5.74) is 1.63. The summed E-state index contributed by atoms with van der Waals surface area (Å²) in [6, 6.07) is 7.23. The van der Waals surface area contributed by atoms with Gasteiger partial charge in [0.25, 0.3) is 0 Å². The molecule has 0 bridgehead atoms. The third kappa shape index (κ3) is 3.94. The number of rotatable bonds is 4. The van der Waals surface area contributed by atoms with E-state index in [1.165, 1.54) is 0 Å². The topological polar surface area (TPSA) is 20.3 Å². The molecule has 1 rings (SSSR count). The molecular formula is C11H11Cl2NO. The van der Waals surface area contributed by atoms with Crippen LogP contribution in [0.25, 0.3) is 6.08 Å². The average Bonchev–Trinajstić information content (AvgIpc) is 2.26. The van der Waals surface area contributed by atoms with Gasteiger partial charge in [-0.3, -0.25) is 4.79 Å². The van der Waals surface area contributed by atoms with Crippen molar-refractivity contribution >= 4 is 41.1 Å². The quantitative estimate of drug-likeness (QED) is 0.593. The largest absolute Gasteiger partial charge is 0.295 e. The van der Waals surface area contributed by atoms with Crippen LogP contribution in [0.3, 0.4) is 0 Å². The second kappa shape index (κ2) is 5.79. The van der Waals surface area contributed by atoms with E-state index in [-0.39, 0.29) is 5.78 Å². The summed E-state index contributed by atoms with van der Waals surface area (Å²) in [6.45, 7) is 1.83. The van der Waals surface area contributed by atoms with E-state index in [0.29, 0.717) is 12.1 Å². The smallest absolute Gasteiger partial charge is 0.155 e. The molecule has 0 N–H and O–H groups in total. The number of hydrogen-bond acceptors (Lipinski definition) is 2. The maximum Gasteiger partial charge on any atom is 0.155 e. The minimum Gasteiger partial charge on any atom is -0.295 e. The van der Waals surface area contributed by atoms with Gasteiger partial charge in [0.1, 0.15) is 0 Å². The lowest BCUT2D eigenvalue weighted by Gasteiger charge is -2.04. The molecule has 1 aromatic rings. The molecule has 0 saturated heterocycles. The molecule has 0 saturated carbocycles. The Hall–Kier alpha value is -0.990. The van der Waals surface area contributed by atoms with E-state index in [1.54, 1.807) is 24.3 Å². The third-order valence-corrected chi connectivity index (χ3v) is 2.29. The Bertz CT molecular complexity index is 357. The van der Waals surface area contributed by atoms with E-state index in [4.69, 9.17) is 23.6 Å². The van der Waals surface area contributed by atoms with Crippen molar-refractivity contribution in [3.8, 4) is 0 Å². The van der Waals surface area contributed by atoms with Gasteiger partial charge in [0.2, 0.25) is 0 Å². The van der Waals surface area contributed by atoms with Crippen LogP contribution in [-0.2, 0) is 4.79 Å². The molecule has 0 aliphatic rings. The van der Waals surface area contributed by atoms with Gasteiger partial charge in [-0.05, 0) is 23.8 Å². The van der Waals surface area contributed by atoms with Crippen molar-refractivity contribution in [3.63, 3.8) is 0 Å². The third-order valence-electron chi connectivity index (χ3n) is 1.90. The number of carbonyl (C=O) groups excluding carboxylic acids is 1. The monoisotopic (exact) mass is 243 g/mol. The Morgan fingerprint density at radius 1 is 1.33 bits per heavy atom. The van der Waals surface area contributed by atoms with Crippen LogP contribution < -0.4 is 3.94 Å². The number of hydrogen-bond donors (Lipinski definition) is 0. The van der Waals surface area contributed by atoms with Crippen molar-refractivity contribution in [2.45, 2.75) is 13.3 Å². The predicted molar refractivity (Wildman–Crippen MR) is 65.0 cm³/mol. The van der Waals surface area contributed by atoms with E-state index < -0.39 is 0 Å². The van der Waals surface area contributed by atoms with E-state index in [9.17, 15) is 4.79 Å². The van der Waals surface area contributed by atoms with Crippen molar-refractivity contribution in [1.29, 1.82) is 0 Å². The molecule has 2 nitrogen and oxygen atoms in total. The van der Waals surface area contributed by atoms with Crippen molar-refractivity contribution in [3.05, 3.63) is 35.9 Å². The van der Waals surface area contributed by atoms with E-state index in [0.717, 1.165) is 9.50 Å². The van der Waals surface area contributed by atoms with Gasteiger partial charge < -0.3 is 0 Å². The number of benzene rings is 1. The first-order chi connectivity index (χ1) is 7.13. The summed E-state index contributed by atoms with van der Waals surface area (Å²) >= 11 is 11.1. The number of carbonyl (C=O) groups is 1. The average molecular weight is 244 g/mol. The van der Waals surface area contributed by atoms with Crippen LogP contribution in [0.15, 0.2) is 30.3 Å². The first kappa shape index (κ1) is 12.1. The maximum atomic E-state index is 11.0. The molecule has 0 fully saturated rings. The summed E-state index contributed by atoms with van der Waals surface area (Å²) in [5.74, 6) is 0.107. The van der Waals surface area contributed by atoms with Gasteiger partial charge in [-0.25, -0.2) is 0 Å². The number of halogens is 2. The molecule has 0 heterocycles. The molecule has 0 aromatic heterocycles. The fourth-order valence-corrected chi connectivity index (χ4v) is 1.23. The Kier molecular flexibility index (Phi) is 4.66. The summed E-state index contributed by atoms with van der Waals surface area (Å²) < 4.78 is 0.991. The van der Waals surface area contributed by atoms with Crippen molar-refractivity contribution in [2.75, 3.05) is 3.94 Å². The Morgan fingerprint density at radius 2 is 1.93 bits per heavy atom. The van der Waals surface area contributed by atoms with Crippen molar-refractivity contribution in [1.82, 2.24) is 0 Å². The fraction of sp³-hybridized carbons (Fsp3) is 0.182. The SMILES string of the molecule is CCC(=O)/C=C/c1ccc(N(Cl)Cl)cc1. The summed E-state index contributed by atoms with van der Waals surface area (Å²) in [5, 5.41) is 0. The van der Waals surface area contributed by atoms with Crippen LogP contribution in [0.1, 0.15) is 18.9 Å². The van der Waals surface area contributed by atoms with Crippen LogP contribution in [0.5, 0.6) is 0 Å². The standard InChI is InChI=1S/C11H11Cl2NO/c1-2-11(15)8-5-9-3-6-10(7-4-9)14(12)13/h3-8H,2H2,1H3/b8-5+. The molecule has 0 radical (unpaired) electrons. The van der Waals surface area contributed by atoms with Crippen LogP contribution in [0.2, 0.25) is 0 Å². The molecular weight excluding hydrogens is 233 g/mol. The molecule has 0 amide bonds. The molecule has 0 spiro atoms. The van der Waals surface area contributed by atoms with Crippen molar-refractivity contribution in [2.24, 2.45) is 0 Å².